The number of carbonyl (C=O) groups is 1. The number of hydrogen-bond donors (Lipinski definition) is 3. The molecule has 0 saturated carbocycles. The minimum Gasteiger partial charge on any atom is -0.396 e. The van der Waals surface area contributed by atoms with Crippen LogP contribution >= 0.6 is 0 Å². The standard InChI is InChI=1S/C23H39NO6/c1-16(5-8-20-11-18(13-25)12-23(3,4)30-20)6-10-22-28-14-19(15-29-22)24-21(27)9-7-17(2)26/h5-6,8,17-20,22,25-26H,7,9-15H2,1-4H3,(H,24,27)/b8-5+,16-6+. The van der Waals surface area contributed by atoms with Crippen LogP contribution in [0.2, 0.25) is 0 Å². The van der Waals surface area contributed by atoms with Gasteiger partial charge in [-0.3, -0.25) is 4.79 Å². The summed E-state index contributed by atoms with van der Waals surface area (Å²) in [5.74, 6) is 0.182. The zero-order chi connectivity index (χ0) is 22.1. The van der Waals surface area contributed by atoms with Gasteiger partial charge in [-0.25, -0.2) is 0 Å². The summed E-state index contributed by atoms with van der Waals surface area (Å²) in [7, 11) is 0. The van der Waals surface area contributed by atoms with Gasteiger partial charge in [-0.15, -0.1) is 0 Å². The SMILES string of the molecule is CC(/C=C/C1CC(CO)CC(C)(C)O1)=C\CC1OCC(NC(=O)CCC(C)O)CO1. The molecule has 3 N–H and O–H groups in total. The first-order valence-corrected chi connectivity index (χ1v) is 11.0. The van der Waals surface area contributed by atoms with Gasteiger partial charge >= 0.3 is 0 Å². The van der Waals surface area contributed by atoms with Crippen molar-refractivity contribution in [1.82, 2.24) is 5.32 Å². The second kappa shape index (κ2) is 12.0. The van der Waals surface area contributed by atoms with Crippen LogP contribution in [-0.2, 0) is 19.0 Å². The fraction of sp³-hybridized carbons (Fsp3) is 0.783. The predicted octanol–water partition coefficient (Wildman–Crippen LogP) is 2.46. The van der Waals surface area contributed by atoms with Gasteiger partial charge in [0.2, 0.25) is 5.91 Å². The molecular formula is C23H39NO6. The lowest BCUT2D eigenvalue weighted by molar-refractivity contribution is -0.188. The molecule has 0 aromatic heterocycles. The number of aliphatic hydroxyl groups is 2. The van der Waals surface area contributed by atoms with Crippen molar-refractivity contribution in [3.8, 4) is 0 Å². The van der Waals surface area contributed by atoms with E-state index >= 15 is 0 Å². The van der Waals surface area contributed by atoms with Crippen molar-refractivity contribution in [1.29, 1.82) is 0 Å². The molecule has 0 aliphatic carbocycles. The first kappa shape index (κ1) is 25.0. The van der Waals surface area contributed by atoms with E-state index in [4.69, 9.17) is 14.2 Å². The fourth-order valence-electron chi connectivity index (χ4n) is 3.88. The zero-order valence-electron chi connectivity index (χ0n) is 18.8. The molecule has 30 heavy (non-hydrogen) atoms. The van der Waals surface area contributed by atoms with E-state index in [1.807, 2.05) is 6.92 Å². The van der Waals surface area contributed by atoms with Gasteiger partial charge in [0.05, 0.1) is 37.1 Å². The number of aliphatic hydroxyl groups excluding tert-OH is 2. The van der Waals surface area contributed by atoms with Crippen molar-refractivity contribution >= 4 is 5.91 Å². The second-order valence-electron chi connectivity index (χ2n) is 9.20. The highest BCUT2D eigenvalue weighted by atomic mass is 16.7. The first-order valence-electron chi connectivity index (χ1n) is 11.0. The molecule has 0 aromatic rings. The van der Waals surface area contributed by atoms with E-state index in [2.05, 4.69) is 37.4 Å². The number of rotatable bonds is 9. The topological polar surface area (TPSA) is 97.2 Å². The molecule has 1 amide bonds. The Morgan fingerprint density at radius 1 is 1.30 bits per heavy atom. The summed E-state index contributed by atoms with van der Waals surface area (Å²) in [4.78, 5) is 11.8. The minimum absolute atomic E-state index is 0.00891. The molecule has 3 atom stereocenters. The summed E-state index contributed by atoms with van der Waals surface area (Å²) < 4.78 is 17.5. The summed E-state index contributed by atoms with van der Waals surface area (Å²) in [5, 5.41) is 21.6. The van der Waals surface area contributed by atoms with Crippen molar-refractivity contribution in [2.75, 3.05) is 19.8 Å². The molecule has 2 heterocycles. The molecule has 3 unspecified atom stereocenters. The maximum atomic E-state index is 11.8. The number of carbonyl (C=O) groups excluding carboxylic acids is 1. The third-order valence-electron chi connectivity index (χ3n) is 5.40. The highest BCUT2D eigenvalue weighted by Gasteiger charge is 2.33. The van der Waals surface area contributed by atoms with Gasteiger partial charge in [-0.05, 0) is 52.9 Å². The van der Waals surface area contributed by atoms with E-state index < -0.39 is 6.10 Å². The van der Waals surface area contributed by atoms with Crippen molar-refractivity contribution in [2.45, 2.75) is 89.9 Å². The van der Waals surface area contributed by atoms with Crippen LogP contribution in [0.4, 0.5) is 0 Å². The molecule has 2 aliphatic rings. The Bertz CT molecular complexity index is 593. The van der Waals surface area contributed by atoms with E-state index in [1.165, 1.54) is 0 Å². The van der Waals surface area contributed by atoms with Crippen LogP contribution in [0.25, 0.3) is 0 Å². The van der Waals surface area contributed by atoms with Gasteiger partial charge in [0.25, 0.3) is 0 Å². The number of hydrogen-bond acceptors (Lipinski definition) is 6. The molecule has 172 valence electrons. The Labute approximate surface area is 180 Å². The van der Waals surface area contributed by atoms with Crippen LogP contribution in [0, 0.1) is 5.92 Å². The Morgan fingerprint density at radius 3 is 2.63 bits per heavy atom. The molecule has 7 nitrogen and oxygen atoms in total. The van der Waals surface area contributed by atoms with Gasteiger partial charge in [0.1, 0.15) is 0 Å². The fourth-order valence-corrected chi connectivity index (χ4v) is 3.88. The zero-order valence-corrected chi connectivity index (χ0v) is 18.8. The Kier molecular flexibility index (Phi) is 9.97. The van der Waals surface area contributed by atoms with Gasteiger partial charge in [-0.1, -0.05) is 23.8 Å². The molecule has 2 saturated heterocycles. The summed E-state index contributed by atoms with van der Waals surface area (Å²) in [6, 6.07) is -0.154. The molecule has 2 fully saturated rings. The molecular weight excluding hydrogens is 386 g/mol. The van der Waals surface area contributed by atoms with Gasteiger partial charge in [0.15, 0.2) is 6.29 Å². The van der Waals surface area contributed by atoms with Crippen LogP contribution in [0.3, 0.4) is 0 Å². The largest absolute Gasteiger partial charge is 0.396 e. The first-order chi connectivity index (χ1) is 14.2. The average molecular weight is 426 g/mol. The lowest BCUT2D eigenvalue weighted by atomic mass is 9.86. The third kappa shape index (κ3) is 9.27. The van der Waals surface area contributed by atoms with E-state index in [9.17, 15) is 15.0 Å². The van der Waals surface area contributed by atoms with Crippen molar-refractivity contribution in [2.24, 2.45) is 5.92 Å². The summed E-state index contributed by atoms with van der Waals surface area (Å²) in [5.41, 5.74) is 0.882. The number of amides is 1. The molecule has 0 radical (unpaired) electrons. The van der Waals surface area contributed by atoms with Crippen LogP contribution in [-0.4, -0.2) is 66.1 Å². The maximum Gasteiger partial charge on any atom is 0.220 e. The van der Waals surface area contributed by atoms with E-state index in [1.54, 1.807) is 6.92 Å². The van der Waals surface area contributed by atoms with Gasteiger partial charge in [0, 0.05) is 19.4 Å². The van der Waals surface area contributed by atoms with Crippen LogP contribution in [0.5, 0.6) is 0 Å². The predicted molar refractivity (Wildman–Crippen MR) is 115 cm³/mol. The summed E-state index contributed by atoms with van der Waals surface area (Å²) >= 11 is 0. The van der Waals surface area contributed by atoms with Gasteiger partial charge < -0.3 is 29.7 Å². The highest BCUT2D eigenvalue weighted by Crippen LogP contribution is 2.32. The number of allylic oxidation sites excluding steroid dienone is 2. The number of nitrogens with one attached hydrogen (secondary N) is 1. The van der Waals surface area contributed by atoms with Crippen LogP contribution in [0.15, 0.2) is 23.8 Å². The Morgan fingerprint density at radius 2 is 2.00 bits per heavy atom. The van der Waals surface area contributed by atoms with Gasteiger partial charge in [-0.2, -0.15) is 0 Å². The van der Waals surface area contributed by atoms with Crippen molar-refractivity contribution in [3.63, 3.8) is 0 Å². The minimum atomic E-state index is -0.477. The van der Waals surface area contributed by atoms with Crippen molar-refractivity contribution < 1.29 is 29.2 Å². The lowest BCUT2D eigenvalue weighted by Crippen LogP contribution is -2.47. The lowest BCUT2D eigenvalue weighted by Gasteiger charge is -2.39. The molecule has 0 aromatic carbocycles. The van der Waals surface area contributed by atoms with E-state index in [-0.39, 0.29) is 42.5 Å². The van der Waals surface area contributed by atoms with Crippen molar-refractivity contribution in [3.05, 3.63) is 23.8 Å². The molecule has 2 rings (SSSR count). The third-order valence-corrected chi connectivity index (χ3v) is 5.40. The Hall–Kier alpha value is -1.25. The highest BCUT2D eigenvalue weighted by molar-refractivity contribution is 5.76. The molecule has 7 heteroatoms. The summed E-state index contributed by atoms with van der Waals surface area (Å²) in [6.45, 7) is 8.87. The second-order valence-corrected chi connectivity index (χ2v) is 9.20. The summed E-state index contributed by atoms with van der Waals surface area (Å²) in [6.07, 6.45) is 8.49. The Balaban J connectivity index is 1.71. The van der Waals surface area contributed by atoms with Crippen LogP contribution in [0.1, 0.15) is 59.8 Å². The van der Waals surface area contributed by atoms with E-state index in [0.29, 0.717) is 32.5 Å². The van der Waals surface area contributed by atoms with Crippen LogP contribution < -0.4 is 5.32 Å². The quantitative estimate of drug-likeness (QED) is 0.491. The number of ether oxygens (including phenoxy) is 3. The molecule has 2 aliphatic heterocycles. The van der Waals surface area contributed by atoms with E-state index in [0.717, 1.165) is 18.4 Å². The monoisotopic (exact) mass is 425 g/mol. The molecule has 0 bridgehead atoms. The average Bonchev–Trinajstić information content (AvgIpc) is 2.69. The molecule has 0 spiro atoms. The normalized spacial score (nSPS) is 30.9. The maximum absolute atomic E-state index is 11.8. The smallest absolute Gasteiger partial charge is 0.220 e.